The zero-order valence-corrected chi connectivity index (χ0v) is 15.3. The van der Waals surface area contributed by atoms with Crippen LogP contribution in [0.2, 0.25) is 5.02 Å². The van der Waals surface area contributed by atoms with Crippen molar-refractivity contribution in [3.05, 3.63) is 77.0 Å². The molecule has 0 saturated carbocycles. The summed E-state index contributed by atoms with van der Waals surface area (Å²) in [7, 11) is 0. The zero-order valence-electron chi connectivity index (χ0n) is 14.5. The first-order chi connectivity index (χ1) is 13.2. The Labute approximate surface area is 161 Å². The molecule has 0 aliphatic carbocycles. The van der Waals surface area contributed by atoms with Gasteiger partial charge < -0.3 is 10.2 Å². The summed E-state index contributed by atoms with van der Waals surface area (Å²) in [5, 5.41) is 14.3. The van der Waals surface area contributed by atoms with Gasteiger partial charge in [-0.3, -0.25) is 4.79 Å². The average molecular weight is 380 g/mol. The van der Waals surface area contributed by atoms with E-state index in [2.05, 4.69) is 38.9 Å². The normalized spacial score (nSPS) is 14.0. The van der Waals surface area contributed by atoms with E-state index in [1.165, 1.54) is 11.1 Å². The molecule has 2 aromatic carbocycles. The minimum Gasteiger partial charge on any atom is -0.337 e. The van der Waals surface area contributed by atoms with Crippen LogP contribution in [0.4, 0.5) is 11.5 Å². The first kappa shape index (κ1) is 17.3. The summed E-state index contributed by atoms with van der Waals surface area (Å²) in [6.45, 7) is 1.19. The molecule has 6 nitrogen and oxygen atoms in total. The Morgan fingerprint density at radius 2 is 1.96 bits per heavy atom. The predicted octanol–water partition coefficient (Wildman–Crippen LogP) is 4.13. The van der Waals surface area contributed by atoms with Gasteiger partial charge in [0.2, 0.25) is 0 Å². The van der Waals surface area contributed by atoms with Gasteiger partial charge in [0.25, 0.3) is 5.91 Å². The number of H-pyrrole nitrogens is 1. The smallest absolute Gasteiger partial charge is 0.278 e. The molecule has 0 spiro atoms. The molecule has 0 bridgehead atoms. The van der Waals surface area contributed by atoms with Gasteiger partial charge in [-0.25, -0.2) is 0 Å². The van der Waals surface area contributed by atoms with Crippen LogP contribution in [-0.2, 0) is 0 Å². The predicted molar refractivity (Wildman–Crippen MR) is 106 cm³/mol. The number of benzene rings is 2. The highest BCUT2D eigenvalue weighted by Gasteiger charge is 2.24. The maximum Gasteiger partial charge on any atom is 0.278 e. The van der Waals surface area contributed by atoms with Crippen LogP contribution in [-0.4, -0.2) is 39.3 Å². The van der Waals surface area contributed by atoms with E-state index < -0.39 is 0 Å². The number of carbonyl (C=O) groups is 1. The quantitative estimate of drug-likeness (QED) is 0.714. The van der Waals surface area contributed by atoms with Crippen LogP contribution in [0, 0.1) is 0 Å². The van der Waals surface area contributed by atoms with Gasteiger partial charge in [-0.2, -0.15) is 5.21 Å². The number of halogens is 1. The number of anilines is 2. The van der Waals surface area contributed by atoms with Crippen molar-refractivity contribution in [1.29, 1.82) is 0 Å². The van der Waals surface area contributed by atoms with Crippen molar-refractivity contribution >= 4 is 34.6 Å². The van der Waals surface area contributed by atoms with Crippen molar-refractivity contribution in [2.75, 3.05) is 18.4 Å². The fourth-order valence-corrected chi connectivity index (χ4v) is 3.28. The Morgan fingerprint density at radius 1 is 1.11 bits per heavy atom. The lowest BCUT2D eigenvalue weighted by molar-refractivity contribution is 0.0768. The van der Waals surface area contributed by atoms with E-state index in [0.717, 1.165) is 12.1 Å². The molecule has 3 aromatic rings. The Bertz CT molecular complexity index is 983. The van der Waals surface area contributed by atoms with Crippen molar-refractivity contribution in [2.24, 2.45) is 0 Å². The third kappa shape index (κ3) is 3.85. The van der Waals surface area contributed by atoms with Gasteiger partial charge in [-0.1, -0.05) is 54.1 Å². The molecular formula is C20H18ClN5O. The number of aromatic amines is 1. The van der Waals surface area contributed by atoms with Crippen LogP contribution in [0.15, 0.2) is 60.7 Å². The highest BCUT2D eigenvalue weighted by atomic mass is 35.5. The number of hydrogen-bond acceptors (Lipinski definition) is 4. The molecule has 1 amide bonds. The molecule has 0 atom stereocenters. The summed E-state index contributed by atoms with van der Waals surface area (Å²) in [6.07, 6.45) is 2.91. The lowest BCUT2D eigenvalue weighted by Crippen LogP contribution is -2.35. The maximum absolute atomic E-state index is 12.9. The molecule has 0 unspecified atom stereocenters. The largest absolute Gasteiger partial charge is 0.337 e. The molecule has 1 aliphatic heterocycles. The molecule has 7 heteroatoms. The molecule has 1 aromatic heterocycles. The highest BCUT2D eigenvalue weighted by Crippen LogP contribution is 2.25. The molecule has 2 heterocycles. The van der Waals surface area contributed by atoms with Gasteiger partial charge in [-0.05, 0) is 35.8 Å². The van der Waals surface area contributed by atoms with E-state index in [4.69, 9.17) is 11.6 Å². The number of nitrogens with one attached hydrogen (secondary N) is 2. The number of nitrogens with zero attached hydrogens (tertiary/aromatic N) is 3. The van der Waals surface area contributed by atoms with Crippen LogP contribution in [0.1, 0.15) is 22.5 Å². The third-order valence-corrected chi connectivity index (χ3v) is 4.71. The van der Waals surface area contributed by atoms with Crippen molar-refractivity contribution in [1.82, 2.24) is 20.3 Å². The summed E-state index contributed by atoms with van der Waals surface area (Å²) < 4.78 is 0. The first-order valence-corrected chi connectivity index (χ1v) is 9.05. The topological polar surface area (TPSA) is 73.9 Å². The SMILES string of the molecule is O=C(c1n[nH]nc1Nc1cccc(Cl)c1)N1CC=C(c2ccccc2)CC1. The fraction of sp³-hybridized carbons (Fsp3) is 0.150. The molecule has 2 N–H and O–H groups in total. The number of amides is 1. The zero-order chi connectivity index (χ0) is 18.6. The van der Waals surface area contributed by atoms with E-state index >= 15 is 0 Å². The van der Waals surface area contributed by atoms with Crippen LogP contribution in [0.25, 0.3) is 5.57 Å². The minimum atomic E-state index is -0.156. The van der Waals surface area contributed by atoms with Crippen molar-refractivity contribution in [3.63, 3.8) is 0 Å². The minimum absolute atomic E-state index is 0.156. The molecule has 136 valence electrons. The summed E-state index contributed by atoms with van der Waals surface area (Å²) in [4.78, 5) is 14.7. The summed E-state index contributed by atoms with van der Waals surface area (Å²) in [6, 6.07) is 17.5. The molecular weight excluding hydrogens is 362 g/mol. The highest BCUT2D eigenvalue weighted by molar-refractivity contribution is 6.30. The van der Waals surface area contributed by atoms with E-state index in [1.807, 2.05) is 30.3 Å². The van der Waals surface area contributed by atoms with Crippen molar-refractivity contribution in [3.8, 4) is 0 Å². The van der Waals surface area contributed by atoms with Gasteiger partial charge in [0.15, 0.2) is 11.5 Å². The number of rotatable bonds is 4. The lowest BCUT2D eigenvalue weighted by atomic mass is 9.99. The Hall–Kier alpha value is -3.12. The van der Waals surface area contributed by atoms with Crippen molar-refractivity contribution < 1.29 is 4.79 Å². The second kappa shape index (κ2) is 7.63. The van der Waals surface area contributed by atoms with Crippen molar-refractivity contribution in [2.45, 2.75) is 6.42 Å². The fourth-order valence-electron chi connectivity index (χ4n) is 3.09. The molecule has 0 saturated heterocycles. The van der Waals surface area contributed by atoms with Crippen LogP contribution in [0.5, 0.6) is 0 Å². The lowest BCUT2D eigenvalue weighted by Gasteiger charge is -2.26. The summed E-state index contributed by atoms with van der Waals surface area (Å²) in [5.41, 5.74) is 3.48. The molecule has 27 heavy (non-hydrogen) atoms. The molecule has 0 radical (unpaired) electrons. The van der Waals surface area contributed by atoms with E-state index in [0.29, 0.717) is 23.9 Å². The van der Waals surface area contributed by atoms with Crippen LogP contribution >= 0.6 is 11.6 Å². The van der Waals surface area contributed by atoms with Gasteiger partial charge >= 0.3 is 0 Å². The van der Waals surface area contributed by atoms with Gasteiger partial charge in [0, 0.05) is 23.8 Å². The van der Waals surface area contributed by atoms with Crippen LogP contribution < -0.4 is 5.32 Å². The van der Waals surface area contributed by atoms with E-state index in [9.17, 15) is 4.79 Å². The average Bonchev–Trinajstić information content (AvgIpc) is 3.16. The number of hydrogen-bond donors (Lipinski definition) is 2. The Balaban J connectivity index is 1.48. The monoisotopic (exact) mass is 379 g/mol. The molecule has 0 fully saturated rings. The first-order valence-electron chi connectivity index (χ1n) is 8.68. The number of carbonyl (C=O) groups excluding carboxylic acids is 1. The Morgan fingerprint density at radius 3 is 2.70 bits per heavy atom. The summed E-state index contributed by atoms with van der Waals surface area (Å²) in [5.74, 6) is 0.233. The third-order valence-electron chi connectivity index (χ3n) is 4.48. The van der Waals surface area contributed by atoms with Gasteiger partial charge in [-0.15, -0.1) is 10.2 Å². The van der Waals surface area contributed by atoms with Gasteiger partial charge in [0.05, 0.1) is 0 Å². The van der Waals surface area contributed by atoms with E-state index in [-0.39, 0.29) is 11.6 Å². The molecule has 4 rings (SSSR count). The van der Waals surface area contributed by atoms with Gasteiger partial charge in [0.1, 0.15) is 0 Å². The Kier molecular flexibility index (Phi) is 4.89. The van der Waals surface area contributed by atoms with E-state index in [1.54, 1.807) is 17.0 Å². The standard InChI is InChI=1S/C20H18ClN5O/c21-16-7-4-8-17(13-16)22-19-18(23-25-24-19)20(27)26-11-9-15(10-12-26)14-5-2-1-3-6-14/h1-9,13H,10-12H2,(H2,22,23,24,25). The molecule has 1 aliphatic rings. The maximum atomic E-state index is 12.9. The number of aromatic nitrogens is 3. The summed E-state index contributed by atoms with van der Waals surface area (Å²) >= 11 is 6.01. The second-order valence-corrected chi connectivity index (χ2v) is 6.69. The van der Waals surface area contributed by atoms with Crippen LogP contribution in [0.3, 0.4) is 0 Å². The second-order valence-electron chi connectivity index (χ2n) is 6.25.